The van der Waals surface area contributed by atoms with Crippen LogP contribution in [0.2, 0.25) is 0 Å². The van der Waals surface area contributed by atoms with E-state index in [1.165, 1.54) is 0 Å². The third kappa shape index (κ3) is 7.97. The number of nitrogens with two attached hydrogens (primary N) is 1. The molecule has 2 atom stereocenters. The zero-order chi connectivity index (χ0) is 17.3. The van der Waals surface area contributed by atoms with E-state index in [-0.39, 0.29) is 18.3 Å². The van der Waals surface area contributed by atoms with Crippen molar-refractivity contribution < 1.29 is 28.9 Å². The Hall–Kier alpha value is -1.63. The molecule has 7 heteroatoms. The van der Waals surface area contributed by atoms with Crippen LogP contribution in [0.25, 0.3) is 0 Å². The number of carbonyl (C=O) groups excluding carboxylic acids is 3. The van der Waals surface area contributed by atoms with Gasteiger partial charge in [0, 0.05) is 12.3 Å². The summed E-state index contributed by atoms with van der Waals surface area (Å²) in [6.45, 7) is 9.00. The highest BCUT2D eigenvalue weighted by Crippen LogP contribution is 2.12. The fourth-order valence-electron chi connectivity index (χ4n) is 1.65. The first kappa shape index (κ1) is 20.4. The van der Waals surface area contributed by atoms with E-state index in [9.17, 15) is 14.4 Å². The van der Waals surface area contributed by atoms with Crippen LogP contribution in [0.5, 0.6) is 0 Å². The van der Waals surface area contributed by atoms with Gasteiger partial charge in [-0.1, -0.05) is 34.6 Å². The molecule has 0 rings (SSSR count). The number of carbonyl (C=O) groups is 3. The quantitative estimate of drug-likeness (QED) is 0.413. The lowest BCUT2D eigenvalue weighted by Gasteiger charge is -2.21. The van der Waals surface area contributed by atoms with Gasteiger partial charge in [-0.3, -0.25) is 4.79 Å². The van der Waals surface area contributed by atoms with Crippen LogP contribution >= 0.6 is 0 Å². The highest BCUT2D eigenvalue weighted by atomic mass is 17.2. The van der Waals surface area contributed by atoms with E-state index in [4.69, 9.17) is 10.5 Å². The van der Waals surface area contributed by atoms with Gasteiger partial charge in [-0.15, -0.1) is 0 Å². The van der Waals surface area contributed by atoms with E-state index in [0.29, 0.717) is 12.8 Å². The second kappa shape index (κ2) is 10.2. The first-order chi connectivity index (χ1) is 10.2. The van der Waals surface area contributed by atoms with Gasteiger partial charge in [-0.25, -0.2) is 19.4 Å². The third-order valence-electron chi connectivity index (χ3n) is 2.78. The van der Waals surface area contributed by atoms with Crippen molar-refractivity contribution in [2.45, 2.75) is 66.0 Å². The molecule has 0 saturated heterocycles. The summed E-state index contributed by atoms with van der Waals surface area (Å²) in [5.74, 6) is -2.37. The molecule has 2 N–H and O–H groups in total. The van der Waals surface area contributed by atoms with Crippen LogP contribution in [0.15, 0.2) is 0 Å². The van der Waals surface area contributed by atoms with Crippen LogP contribution in [0.3, 0.4) is 0 Å². The molecule has 0 heterocycles. The van der Waals surface area contributed by atoms with Crippen molar-refractivity contribution in [2.75, 3.05) is 0 Å². The zero-order valence-electron chi connectivity index (χ0n) is 14.0. The first-order valence-corrected chi connectivity index (χ1v) is 7.56. The summed E-state index contributed by atoms with van der Waals surface area (Å²) >= 11 is 0. The highest BCUT2D eigenvalue weighted by Gasteiger charge is 2.32. The first-order valence-electron chi connectivity index (χ1n) is 7.56. The fraction of sp³-hybridized carbons (Fsp3) is 0.800. The Balaban J connectivity index is 4.56. The van der Waals surface area contributed by atoms with Crippen LogP contribution in [0.1, 0.15) is 53.9 Å². The lowest BCUT2D eigenvalue weighted by molar-refractivity contribution is -0.266. The molecule has 0 saturated carbocycles. The molecule has 0 aromatic carbocycles. The standard InChI is InChI=1S/C15H27NO6/c1-6-7-12(17)21-22-15(19)13(10(4)5)20-14(18)11(16)8-9(2)3/h9-11,13H,6-8,16H2,1-5H3. The van der Waals surface area contributed by atoms with Crippen molar-refractivity contribution >= 4 is 17.9 Å². The van der Waals surface area contributed by atoms with Crippen LogP contribution < -0.4 is 5.73 Å². The summed E-state index contributed by atoms with van der Waals surface area (Å²) in [6.07, 6.45) is -0.00792. The predicted octanol–water partition coefficient (Wildman–Crippen LogP) is 1.73. The van der Waals surface area contributed by atoms with Gasteiger partial charge in [-0.05, 0) is 18.8 Å². The summed E-state index contributed by atoms with van der Waals surface area (Å²) in [7, 11) is 0. The Kier molecular flexibility index (Phi) is 9.40. The van der Waals surface area contributed by atoms with Crippen LogP contribution in [0, 0.1) is 11.8 Å². The molecule has 0 fully saturated rings. The van der Waals surface area contributed by atoms with Gasteiger partial charge in [-0.2, -0.15) is 0 Å². The third-order valence-corrected chi connectivity index (χ3v) is 2.78. The molecule has 0 aliphatic carbocycles. The number of hydrogen-bond acceptors (Lipinski definition) is 7. The molecule has 7 nitrogen and oxygen atoms in total. The van der Waals surface area contributed by atoms with E-state index in [2.05, 4.69) is 9.78 Å². The minimum Gasteiger partial charge on any atom is -0.449 e. The molecule has 128 valence electrons. The molecule has 0 aliphatic heterocycles. The van der Waals surface area contributed by atoms with Gasteiger partial charge < -0.3 is 10.5 Å². The predicted molar refractivity (Wildman–Crippen MR) is 79.2 cm³/mol. The topological polar surface area (TPSA) is 105 Å². The van der Waals surface area contributed by atoms with Crippen LogP contribution in [-0.2, 0) is 28.9 Å². The zero-order valence-corrected chi connectivity index (χ0v) is 14.0. The summed E-state index contributed by atoms with van der Waals surface area (Å²) in [4.78, 5) is 43.7. The van der Waals surface area contributed by atoms with Gasteiger partial charge in [0.2, 0.25) is 6.10 Å². The number of hydrogen-bond donors (Lipinski definition) is 1. The minimum absolute atomic E-state index is 0.138. The smallest absolute Gasteiger partial charge is 0.395 e. The SMILES string of the molecule is CCCC(=O)OOC(=O)C(OC(=O)C(N)CC(C)C)C(C)C. The second-order valence-electron chi connectivity index (χ2n) is 5.95. The van der Waals surface area contributed by atoms with Crippen LogP contribution in [-0.4, -0.2) is 30.1 Å². The Morgan fingerprint density at radius 1 is 1.00 bits per heavy atom. The molecular weight excluding hydrogens is 290 g/mol. The van der Waals surface area contributed by atoms with Crippen molar-refractivity contribution in [3.05, 3.63) is 0 Å². The average molecular weight is 317 g/mol. The maximum atomic E-state index is 11.9. The average Bonchev–Trinajstić information content (AvgIpc) is 2.41. The van der Waals surface area contributed by atoms with Crippen molar-refractivity contribution in [3.8, 4) is 0 Å². The van der Waals surface area contributed by atoms with E-state index in [1.807, 2.05) is 13.8 Å². The second-order valence-corrected chi connectivity index (χ2v) is 5.95. The largest absolute Gasteiger partial charge is 0.449 e. The molecule has 0 radical (unpaired) electrons. The monoisotopic (exact) mass is 317 g/mol. The lowest BCUT2D eigenvalue weighted by atomic mass is 10.0. The molecule has 0 aromatic heterocycles. The van der Waals surface area contributed by atoms with Crippen LogP contribution in [0.4, 0.5) is 0 Å². The Morgan fingerprint density at radius 3 is 2.05 bits per heavy atom. The number of ether oxygens (including phenoxy) is 1. The maximum absolute atomic E-state index is 11.9. The van der Waals surface area contributed by atoms with Crippen molar-refractivity contribution in [2.24, 2.45) is 17.6 Å². The van der Waals surface area contributed by atoms with Crippen molar-refractivity contribution in [3.63, 3.8) is 0 Å². The molecule has 0 aromatic rings. The Bertz CT molecular complexity index is 380. The van der Waals surface area contributed by atoms with Gasteiger partial charge in [0.25, 0.3) is 0 Å². The highest BCUT2D eigenvalue weighted by molar-refractivity contribution is 5.82. The summed E-state index contributed by atoms with van der Waals surface area (Å²) in [5.41, 5.74) is 5.72. The van der Waals surface area contributed by atoms with Gasteiger partial charge in [0.15, 0.2) is 0 Å². The molecule has 22 heavy (non-hydrogen) atoms. The molecule has 2 unspecified atom stereocenters. The Labute approximate surface area is 131 Å². The van der Waals surface area contributed by atoms with Crippen molar-refractivity contribution in [1.29, 1.82) is 0 Å². The van der Waals surface area contributed by atoms with Gasteiger partial charge in [0.05, 0.1) is 0 Å². The van der Waals surface area contributed by atoms with Crippen molar-refractivity contribution in [1.82, 2.24) is 0 Å². The summed E-state index contributed by atoms with van der Waals surface area (Å²) < 4.78 is 5.10. The van der Waals surface area contributed by atoms with Gasteiger partial charge >= 0.3 is 17.9 Å². The molecule has 0 aliphatic rings. The number of esters is 1. The maximum Gasteiger partial charge on any atom is 0.395 e. The normalized spacial score (nSPS) is 13.6. The molecule has 0 bridgehead atoms. The fourth-order valence-corrected chi connectivity index (χ4v) is 1.65. The molecule has 0 amide bonds. The molecule has 0 spiro atoms. The van der Waals surface area contributed by atoms with E-state index < -0.39 is 30.1 Å². The van der Waals surface area contributed by atoms with E-state index in [0.717, 1.165) is 0 Å². The summed E-state index contributed by atoms with van der Waals surface area (Å²) in [5, 5.41) is 0. The summed E-state index contributed by atoms with van der Waals surface area (Å²) in [6, 6.07) is -0.809. The van der Waals surface area contributed by atoms with Gasteiger partial charge in [0.1, 0.15) is 6.04 Å². The minimum atomic E-state index is -1.17. The van der Waals surface area contributed by atoms with E-state index >= 15 is 0 Å². The Morgan fingerprint density at radius 2 is 1.59 bits per heavy atom. The molecular formula is C15H27NO6. The van der Waals surface area contributed by atoms with E-state index in [1.54, 1.807) is 20.8 Å². The lowest BCUT2D eigenvalue weighted by Crippen LogP contribution is -2.41. The number of rotatable bonds is 8.